The van der Waals surface area contributed by atoms with Gasteiger partial charge >= 0.3 is 0 Å². The molecule has 1 fully saturated rings. The standard InChI is InChI=1S/C22H27N5O3S/c1-13(2)27-21(23-12-24-27)22-25-20-16-4-3-14(9-18(16)30-8-6-19(20)31-22)17-5-7-26(17)10-15(29)11-28/h3-4,9,12-13,15,17,28-29H,5-8,10-11H2,1-2H3. The zero-order chi connectivity index (χ0) is 21.5. The summed E-state index contributed by atoms with van der Waals surface area (Å²) in [6, 6.07) is 6.81. The number of aromatic nitrogens is 4. The van der Waals surface area contributed by atoms with Crippen molar-refractivity contribution >= 4 is 11.3 Å². The van der Waals surface area contributed by atoms with Crippen LogP contribution in [-0.4, -0.2) is 67.3 Å². The lowest BCUT2D eigenvalue weighted by Gasteiger charge is -2.42. The van der Waals surface area contributed by atoms with Crippen LogP contribution in [0.15, 0.2) is 24.5 Å². The van der Waals surface area contributed by atoms with Crippen molar-refractivity contribution in [3.8, 4) is 27.8 Å². The smallest absolute Gasteiger partial charge is 0.187 e. The first-order valence-electron chi connectivity index (χ1n) is 10.7. The maximum absolute atomic E-state index is 9.80. The average Bonchev–Trinajstić information content (AvgIpc) is 3.35. The molecule has 1 aromatic carbocycles. The van der Waals surface area contributed by atoms with E-state index in [2.05, 4.69) is 47.0 Å². The van der Waals surface area contributed by atoms with Gasteiger partial charge in [0, 0.05) is 42.0 Å². The number of rotatable bonds is 6. The number of aliphatic hydroxyl groups excluding tert-OH is 2. The second-order valence-corrected chi connectivity index (χ2v) is 9.49. The van der Waals surface area contributed by atoms with Crippen molar-refractivity contribution in [1.29, 1.82) is 0 Å². The summed E-state index contributed by atoms with van der Waals surface area (Å²) in [5.74, 6) is 1.66. The molecule has 2 aliphatic heterocycles. The van der Waals surface area contributed by atoms with E-state index in [4.69, 9.17) is 14.8 Å². The number of β-amino-alcohol motifs (C(OH)–C–C–N with tert-alkyl or cyclic N) is 1. The van der Waals surface area contributed by atoms with Gasteiger partial charge < -0.3 is 14.9 Å². The van der Waals surface area contributed by atoms with Crippen molar-refractivity contribution in [2.45, 2.75) is 44.9 Å². The van der Waals surface area contributed by atoms with Gasteiger partial charge in [0.15, 0.2) is 10.8 Å². The Labute approximate surface area is 185 Å². The van der Waals surface area contributed by atoms with E-state index in [-0.39, 0.29) is 18.7 Å². The van der Waals surface area contributed by atoms with Gasteiger partial charge in [0.2, 0.25) is 0 Å². The number of likely N-dealkylation sites (tertiary alicyclic amines) is 1. The number of aliphatic hydroxyl groups is 2. The van der Waals surface area contributed by atoms with Gasteiger partial charge in [0.25, 0.3) is 0 Å². The summed E-state index contributed by atoms with van der Waals surface area (Å²) in [5, 5.41) is 24.2. The van der Waals surface area contributed by atoms with Crippen LogP contribution in [0, 0.1) is 0 Å². The van der Waals surface area contributed by atoms with Gasteiger partial charge in [-0.05, 0) is 38.0 Å². The van der Waals surface area contributed by atoms with E-state index in [1.807, 2.05) is 4.68 Å². The predicted octanol–water partition coefficient (Wildman–Crippen LogP) is 2.68. The van der Waals surface area contributed by atoms with Crippen LogP contribution < -0.4 is 4.74 Å². The van der Waals surface area contributed by atoms with Gasteiger partial charge in [-0.2, -0.15) is 5.10 Å². The highest BCUT2D eigenvalue weighted by molar-refractivity contribution is 7.15. The largest absolute Gasteiger partial charge is 0.492 e. The van der Waals surface area contributed by atoms with Crippen LogP contribution in [0.25, 0.3) is 22.1 Å². The Morgan fingerprint density at radius 1 is 1.32 bits per heavy atom. The minimum atomic E-state index is -0.705. The van der Waals surface area contributed by atoms with Gasteiger partial charge in [0.05, 0.1) is 25.0 Å². The first-order chi connectivity index (χ1) is 15.0. The van der Waals surface area contributed by atoms with Crippen LogP contribution >= 0.6 is 11.3 Å². The topological polar surface area (TPSA) is 96.5 Å². The van der Waals surface area contributed by atoms with E-state index in [9.17, 15) is 5.11 Å². The summed E-state index contributed by atoms with van der Waals surface area (Å²) in [7, 11) is 0. The molecule has 2 N–H and O–H groups in total. The van der Waals surface area contributed by atoms with E-state index in [1.54, 1.807) is 17.7 Å². The number of hydrogen-bond acceptors (Lipinski definition) is 8. The molecular weight excluding hydrogens is 414 g/mol. The summed E-state index contributed by atoms with van der Waals surface area (Å²) < 4.78 is 8.01. The zero-order valence-electron chi connectivity index (χ0n) is 17.7. The van der Waals surface area contributed by atoms with Gasteiger partial charge in [-0.15, -0.1) is 11.3 Å². The maximum atomic E-state index is 9.80. The first kappa shape index (κ1) is 20.6. The zero-order valence-corrected chi connectivity index (χ0v) is 18.5. The van der Waals surface area contributed by atoms with Crippen LogP contribution in [0.1, 0.15) is 42.8 Å². The quantitative estimate of drug-likeness (QED) is 0.607. The Morgan fingerprint density at radius 3 is 2.94 bits per heavy atom. The molecule has 0 radical (unpaired) electrons. The summed E-state index contributed by atoms with van der Waals surface area (Å²) in [6.45, 7) is 5.98. The molecule has 3 aromatic rings. The second-order valence-electron chi connectivity index (χ2n) is 8.40. The van der Waals surface area contributed by atoms with Gasteiger partial charge in [-0.25, -0.2) is 14.6 Å². The normalized spacial score (nSPS) is 19.3. The third-order valence-electron chi connectivity index (χ3n) is 5.97. The highest BCUT2D eigenvalue weighted by Gasteiger charge is 2.32. The van der Waals surface area contributed by atoms with Crippen molar-refractivity contribution in [3.05, 3.63) is 35.0 Å². The van der Waals surface area contributed by atoms with Gasteiger partial charge in [-0.1, -0.05) is 6.07 Å². The Hall–Kier alpha value is -2.33. The van der Waals surface area contributed by atoms with E-state index in [1.165, 1.54) is 10.4 Å². The summed E-state index contributed by atoms with van der Waals surface area (Å²) >= 11 is 1.66. The van der Waals surface area contributed by atoms with E-state index in [0.29, 0.717) is 13.2 Å². The lowest BCUT2D eigenvalue weighted by atomic mass is 9.92. The van der Waals surface area contributed by atoms with Crippen LogP contribution in [0.5, 0.6) is 5.75 Å². The molecule has 2 aromatic heterocycles. The number of fused-ring (bicyclic) bond motifs is 3. The lowest BCUT2D eigenvalue weighted by molar-refractivity contribution is 0.00670. The van der Waals surface area contributed by atoms with Crippen molar-refractivity contribution in [2.75, 3.05) is 26.3 Å². The van der Waals surface area contributed by atoms with Crippen molar-refractivity contribution in [2.24, 2.45) is 0 Å². The average molecular weight is 442 g/mol. The molecule has 0 aliphatic carbocycles. The van der Waals surface area contributed by atoms with Gasteiger partial charge in [0.1, 0.15) is 12.1 Å². The highest BCUT2D eigenvalue weighted by Crippen LogP contribution is 2.43. The van der Waals surface area contributed by atoms with E-state index in [0.717, 1.165) is 47.2 Å². The monoisotopic (exact) mass is 441 g/mol. The number of benzene rings is 1. The fraction of sp³-hybridized carbons (Fsp3) is 0.500. The van der Waals surface area contributed by atoms with Crippen LogP contribution in [0.4, 0.5) is 0 Å². The molecule has 5 rings (SSSR count). The molecule has 2 aliphatic rings. The Morgan fingerprint density at radius 2 is 2.19 bits per heavy atom. The minimum Gasteiger partial charge on any atom is -0.492 e. The van der Waals surface area contributed by atoms with E-state index < -0.39 is 6.10 Å². The Bertz CT molecular complexity index is 1080. The number of thiazole rings is 1. The van der Waals surface area contributed by atoms with Gasteiger partial charge in [-0.3, -0.25) is 4.90 Å². The molecule has 8 nitrogen and oxygen atoms in total. The fourth-order valence-electron chi connectivity index (χ4n) is 4.29. The molecule has 31 heavy (non-hydrogen) atoms. The number of nitrogens with zero attached hydrogens (tertiary/aromatic N) is 5. The molecule has 164 valence electrons. The van der Waals surface area contributed by atoms with E-state index >= 15 is 0 Å². The third-order valence-corrected chi connectivity index (χ3v) is 7.08. The molecule has 1 saturated heterocycles. The van der Waals surface area contributed by atoms with Crippen molar-refractivity contribution in [3.63, 3.8) is 0 Å². The third kappa shape index (κ3) is 3.76. The molecule has 0 spiro atoms. The fourth-order valence-corrected chi connectivity index (χ4v) is 5.33. The lowest BCUT2D eigenvalue weighted by Crippen LogP contribution is -2.45. The summed E-state index contributed by atoms with van der Waals surface area (Å²) in [6.07, 6.45) is 2.73. The highest BCUT2D eigenvalue weighted by atomic mass is 32.1. The van der Waals surface area contributed by atoms with Crippen LogP contribution in [0.3, 0.4) is 0 Å². The Kier molecular flexibility index (Phi) is 5.51. The van der Waals surface area contributed by atoms with Crippen LogP contribution in [0.2, 0.25) is 0 Å². The summed E-state index contributed by atoms with van der Waals surface area (Å²) in [5.41, 5.74) is 3.16. The number of hydrogen-bond donors (Lipinski definition) is 2. The molecule has 9 heteroatoms. The number of ether oxygens (including phenoxy) is 1. The molecule has 4 heterocycles. The van der Waals surface area contributed by atoms with Crippen LogP contribution in [-0.2, 0) is 6.42 Å². The second kappa shape index (κ2) is 8.31. The Balaban J connectivity index is 1.46. The molecule has 0 bridgehead atoms. The molecule has 0 amide bonds. The maximum Gasteiger partial charge on any atom is 0.187 e. The first-order valence-corrected chi connectivity index (χ1v) is 11.6. The molecular formula is C22H27N5O3S. The van der Waals surface area contributed by atoms with Crippen molar-refractivity contribution < 1.29 is 14.9 Å². The SMILES string of the molecule is CC(C)n1ncnc1-c1nc2c(s1)CCOc1cc(C3CCN3CC(O)CO)ccc1-2. The summed E-state index contributed by atoms with van der Waals surface area (Å²) in [4.78, 5) is 12.8. The molecule has 0 saturated carbocycles. The van der Waals surface area contributed by atoms with Crippen molar-refractivity contribution in [1.82, 2.24) is 24.6 Å². The minimum absolute atomic E-state index is 0.212. The molecule has 2 atom stereocenters. The predicted molar refractivity (Wildman–Crippen MR) is 118 cm³/mol. The molecule has 2 unspecified atom stereocenters.